The molecule has 3 nitrogen and oxygen atoms in total. The Labute approximate surface area is 85.1 Å². The highest BCUT2D eigenvalue weighted by Gasteiger charge is 2.25. The zero-order valence-corrected chi connectivity index (χ0v) is 8.66. The molecular weight excluding hydrogens is 178 g/mol. The third-order valence-corrected chi connectivity index (χ3v) is 2.79. The summed E-state index contributed by atoms with van der Waals surface area (Å²) in [6.07, 6.45) is 6.04. The molecular formula is C11H17NO2. The summed E-state index contributed by atoms with van der Waals surface area (Å²) >= 11 is 0. The first-order chi connectivity index (χ1) is 6.74. The molecule has 0 saturated heterocycles. The second-order valence-electron chi connectivity index (χ2n) is 3.91. The van der Waals surface area contributed by atoms with Gasteiger partial charge in [-0.1, -0.05) is 19.3 Å². The van der Waals surface area contributed by atoms with Crippen LogP contribution in [0.5, 0.6) is 0 Å². The molecule has 1 rings (SSSR count). The number of nitriles is 1. The van der Waals surface area contributed by atoms with E-state index < -0.39 is 0 Å². The molecule has 1 atom stereocenters. The highest BCUT2D eigenvalue weighted by molar-refractivity contribution is 5.66. The predicted molar refractivity (Wildman–Crippen MR) is 52.4 cm³/mol. The average molecular weight is 195 g/mol. The molecule has 0 aliphatic heterocycles. The summed E-state index contributed by atoms with van der Waals surface area (Å²) in [4.78, 5) is 10.8. The van der Waals surface area contributed by atoms with Crippen LogP contribution < -0.4 is 0 Å². The first kappa shape index (κ1) is 11.0. The molecule has 1 saturated carbocycles. The number of rotatable bonds is 3. The van der Waals surface area contributed by atoms with Crippen LogP contribution in [0.25, 0.3) is 0 Å². The lowest BCUT2D eigenvalue weighted by Crippen LogP contribution is -2.27. The predicted octanol–water partition coefficient (Wildman–Crippen LogP) is 2.41. The molecule has 0 radical (unpaired) electrons. The van der Waals surface area contributed by atoms with Gasteiger partial charge in [0, 0.05) is 6.92 Å². The first-order valence-corrected chi connectivity index (χ1v) is 5.28. The van der Waals surface area contributed by atoms with Crippen LogP contribution in [0.3, 0.4) is 0 Å². The van der Waals surface area contributed by atoms with Gasteiger partial charge in [0.15, 0.2) is 0 Å². The molecule has 78 valence electrons. The van der Waals surface area contributed by atoms with Gasteiger partial charge in [0.1, 0.15) is 6.10 Å². The molecule has 3 heteroatoms. The first-order valence-electron chi connectivity index (χ1n) is 5.28. The molecule has 0 spiro atoms. The largest absolute Gasteiger partial charge is 0.461 e. The number of carbonyl (C=O) groups excluding carboxylic acids is 1. The molecule has 0 heterocycles. The number of hydrogen-bond acceptors (Lipinski definition) is 3. The average Bonchev–Trinajstić information content (AvgIpc) is 2.18. The van der Waals surface area contributed by atoms with E-state index in [1.807, 2.05) is 0 Å². The topological polar surface area (TPSA) is 50.1 Å². The van der Waals surface area contributed by atoms with Crippen LogP contribution in [0.1, 0.15) is 45.4 Å². The van der Waals surface area contributed by atoms with Gasteiger partial charge in [-0.15, -0.1) is 0 Å². The SMILES string of the molecule is CC(=O)O[C@@H](CC#N)C1CCCCC1. The minimum absolute atomic E-state index is 0.169. The van der Waals surface area contributed by atoms with Gasteiger partial charge in [-0.05, 0) is 18.8 Å². The van der Waals surface area contributed by atoms with E-state index in [9.17, 15) is 4.79 Å². The van der Waals surface area contributed by atoms with E-state index in [1.165, 1.54) is 26.2 Å². The molecule has 0 bridgehead atoms. The maximum absolute atomic E-state index is 10.8. The Kier molecular flexibility index (Phi) is 4.45. The van der Waals surface area contributed by atoms with E-state index in [4.69, 9.17) is 10.00 Å². The summed E-state index contributed by atoms with van der Waals surface area (Å²) in [6, 6.07) is 2.09. The maximum atomic E-state index is 10.8. The van der Waals surface area contributed by atoms with Crippen molar-refractivity contribution in [3.8, 4) is 6.07 Å². The van der Waals surface area contributed by atoms with Crippen LogP contribution in [0.15, 0.2) is 0 Å². The minimum atomic E-state index is -0.268. The number of carbonyl (C=O) groups is 1. The van der Waals surface area contributed by atoms with Crippen molar-refractivity contribution >= 4 is 5.97 Å². The van der Waals surface area contributed by atoms with Gasteiger partial charge in [0.05, 0.1) is 12.5 Å². The van der Waals surface area contributed by atoms with Crippen molar-refractivity contribution in [1.29, 1.82) is 5.26 Å². The third-order valence-electron chi connectivity index (χ3n) is 2.79. The Balaban J connectivity index is 2.47. The third kappa shape index (κ3) is 3.37. The van der Waals surface area contributed by atoms with Crippen molar-refractivity contribution in [3.63, 3.8) is 0 Å². The summed E-state index contributed by atoms with van der Waals surface area (Å²) < 4.78 is 5.17. The normalized spacial score (nSPS) is 19.7. The van der Waals surface area contributed by atoms with Crippen molar-refractivity contribution in [2.24, 2.45) is 5.92 Å². The molecule has 1 aliphatic rings. The van der Waals surface area contributed by atoms with Crippen LogP contribution in [0, 0.1) is 17.2 Å². The van der Waals surface area contributed by atoms with Crippen molar-refractivity contribution in [1.82, 2.24) is 0 Å². The lowest BCUT2D eigenvalue weighted by atomic mass is 9.84. The molecule has 0 aromatic carbocycles. The Morgan fingerprint density at radius 1 is 1.50 bits per heavy atom. The number of nitrogens with zero attached hydrogens (tertiary/aromatic N) is 1. The minimum Gasteiger partial charge on any atom is -0.461 e. The van der Waals surface area contributed by atoms with E-state index in [0.29, 0.717) is 12.3 Å². The van der Waals surface area contributed by atoms with Crippen molar-refractivity contribution in [2.75, 3.05) is 0 Å². The Bertz CT molecular complexity index is 226. The summed E-state index contributed by atoms with van der Waals surface area (Å²) in [7, 11) is 0. The fourth-order valence-electron chi connectivity index (χ4n) is 2.11. The van der Waals surface area contributed by atoms with Gasteiger partial charge in [-0.25, -0.2) is 0 Å². The Morgan fingerprint density at radius 2 is 2.14 bits per heavy atom. The van der Waals surface area contributed by atoms with E-state index in [-0.39, 0.29) is 12.1 Å². The molecule has 0 unspecified atom stereocenters. The van der Waals surface area contributed by atoms with Crippen molar-refractivity contribution in [3.05, 3.63) is 0 Å². The van der Waals surface area contributed by atoms with Gasteiger partial charge < -0.3 is 4.74 Å². The van der Waals surface area contributed by atoms with E-state index in [1.54, 1.807) is 0 Å². The summed E-state index contributed by atoms with van der Waals surface area (Å²) in [5, 5.41) is 8.64. The lowest BCUT2D eigenvalue weighted by Gasteiger charge is -2.28. The molecule has 1 fully saturated rings. The zero-order chi connectivity index (χ0) is 10.4. The molecule has 1 aliphatic carbocycles. The highest BCUT2D eigenvalue weighted by Crippen LogP contribution is 2.29. The summed E-state index contributed by atoms with van der Waals surface area (Å²) in [5.41, 5.74) is 0. The highest BCUT2D eigenvalue weighted by atomic mass is 16.5. The number of ether oxygens (including phenoxy) is 1. The lowest BCUT2D eigenvalue weighted by molar-refractivity contribution is -0.149. The van der Waals surface area contributed by atoms with Crippen LogP contribution in [-0.2, 0) is 9.53 Å². The Hall–Kier alpha value is -1.04. The van der Waals surface area contributed by atoms with Crippen LogP contribution in [0.2, 0.25) is 0 Å². The second-order valence-corrected chi connectivity index (χ2v) is 3.91. The quantitative estimate of drug-likeness (QED) is 0.650. The number of hydrogen-bond donors (Lipinski definition) is 0. The van der Waals surface area contributed by atoms with E-state index >= 15 is 0 Å². The van der Waals surface area contributed by atoms with Gasteiger partial charge in [-0.3, -0.25) is 4.79 Å². The van der Waals surface area contributed by atoms with Gasteiger partial charge in [-0.2, -0.15) is 5.26 Å². The molecule has 0 amide bonds. The van der Waals surface area contributed by atoms with E-state index in [2.05, 4.69) is 6.07 Å². The van der Waals surface area contributed by atoms with Crippen LogP contribution >= 0.6 is 0 Å². The van der Waals surface area contributed by atoms with Crippen LogP contribution in [0.4, 0.5) is 0 Å². The van der Waals surface area contributed by atoms with Crippen molar-refractivity contribution < 1.29 is 9.53 Å². The second kappa shape index (κ2) is 5.64. The molecule has 0 aromatic rings. The molecule has 0 aromatic heterocycles. The van der Waals surface area contributed by atoms with Gasteiger partial charge >= 0.3 is 5.97 Å². The standard InChI is InChI=1S/C11H17NO2/c1-9(13)14-11(7-8-12)10-5-3-2-4-6-10/h10-11H,2-7H2,1H3/t11-/m0/s1. The van der Waals surface area contributed by atoms with Crippen LogP contribution in [-0.4, -0.2) is 12.1 Å². The smallest absolute Gasteiger partial charge is 0.302 e. The fourth-order valence-corrected chi connectivity index (χ4v) is 2.11. The summed E-state index contributed by atoms with van der Waals surface area (Å²) in [5.74, 6) is 0.142. The Morgan fingerprint density at radius 3 is 2.64 bits per heavy atom. The van der Waals surface area contributed by atoms with Gasteiger partial charge in [0.2, 0.25) is 0 Å². The fraction of sp³-hybridized carbons (Fsp3) is 0.818. The zero-order valence-electron chi connectivity index (χ0n) is 8.66. The summed E-state index contributed by atoms with van der Waals surface area (Å²) in [6.45, 7) is 1.41. The molecule has 14 heavy (non-hydrogen) atoms. The molecule has 0 N–H and O–H groups in total. The van der Waals surface area contributed by atoms with Gasteiger partial charge in [0.25, 0.3) is 0 Å². The van der Waals surface area contributed by atoms with E-state index in [0.717, 1.165) is 12.8 Å². The number of esters is 1. The monoisotopic (exact) mass is 195 g/mol. The maximum Gasteiger partial charge on any atom is 0.302 e. The van der Waals surface area contributed by atoms with Crippen molar-refractivity contribution in [2.45, 2.75) is 51.6 Å².